The molecule has 274 valence electrons. The van der Waals surface area contributed by atoms with Gasteiger partial charge < -0.3 is 30.1 Å². The number of fused-ring (bicyclic) bond motifs is 3. The van der Waals surface area contributed by atoms with E-state index in [4.69, 9.17) is 37.8 Å². The van der Waals surface area contributed by atoms with Gasteiger partial charge in [-0.05, 0) is 91.1 Å². The van der Waals surface area contributed by atoms with Gasteiger partial charge in [0.05, 0.1) is 37.1 Å². The van der Waals surface area contributed by atoms with Gasteiger partial charge in [0.25, 0.3) is 5.91 Å². The molecule has 2 amide bonds. The van der Waals surface area contributed by atoms with E-state index in [9.17, 15) is 24.6 Å². The van der Waals surface area contributed by atoms with Crippen molar-refractivity contribution in [2.24, 2.45) is 5.92 Å². The second-order valence-electron chi connectivity index (χ2n) is 13.2. The Hall–Kier alpha value is -4.62. The Morgan fingerprint density at radius 1 is 1.04 bits per heavy atom. The number of carbonyl (C=O) groups excluding carboxylic acids is 2. The molecule has 12 nitrogen and oxygen atoms in total. The number of ether oxygens (including phenoxy) is 2. The molecule has 3 aromatic carbocycles. The number of nitrogens with one attached hydrogen (secondary N) is 1. The van der Waals surface area contributed by atoms with Gasteiger partial charge in [-0.1, -0.05) is 41.4 Å². The summed E-state index contributed by atoms with van der Waals surface area (Å²) in [5.74, 6) is -0.172. The van der Waals surface area contributed by atoms with Crippen LogP contribution in [-0.2, 0) is 16.1 Å². The molecular weight excluding hydrogens is 711 g/mol. The Morgan fingerprint density at radius 3 is 2.65 bits per heavy atom. The molecule has 1 aliphatic carbocycles. The minimum absolute atomic E-state index is 0.0902. The highest BCUT2D eigenvalue weighted by molar-refractivity contribution is 6.31. The average molecular weight is 752 g/mol. The molecule has 0 radical (unpaired) electrons. The van der Waals surface area contributed by atoms with E-state index in [0.717, 1.165) is 34.4 Å². The van der Waals surface area contributed by atoms with E-state index in [1.807, 2.05) is 43.5 Å². The molecular formula is C38H40Cl2N4O8. The number of anilines is 1. The number of aliphatic carboxylic acids is 1. The molecule has 1 fully saturated rings. The molecule has 0 spiro atoms. The van der Waals surface area contributed by atoms with Crippen LogP contribution >= 0.6 is 23.2 Å². The molecule has 2 aliphatic rings. The number of nitrogens with zero attached hydrogens (tertiary/aromatic N) is 3. The van der Waals surface area contributed by atoms with E-state index in [1.165, 1.54) is 0 Å². The van der Waals surface area contributed by atoms with Gasteiger partial charge in [-0.2, -0.15) is 5.10 Å². The smallest absolute Gasteiger partial charge is 0.414 e. The lowest BCUT2D eigenvalue weighted by Crippen LogP contribution is -2.37. The van der Waals surface area contributed by atoms with Crippen LogP contribution in [0, 0.1) is 12.8 Å². The lowest BCUT2D eigenvalue weighted by Gasteiger charge is -2.29. The van der Waals surface area contributed by atoms with Crippen molar-refractivity contribution < 1.29 is 39.2 Å². The standard InChI is InChI=1S/C38H40Cl2N4O8/c1-22-31(39)5-3-7-34(22)51-12-13-52-38(50)44-21-24-15-30(24)36-29(4-2-6-33(36)44)26-18-42-43(20-26)19-25-14-23(8-9-32(25)40)37(49)41-11-10-27(45)16-28(46)17-35(47)48/h2-9,14,18,20,24,27-28,30,45-46H,10-13,15-17,19,21H2,1H3,(H,41,49)(H,47,48)/t24-,27+,28+,30-/m0/s1. The monoisotopic (exact) mass is 750 g/mol. The van der Waals surface area contributed by atoms with E-state index >= 15 is 0 Å². The van der Waals surface area contributed by atoms with Crippen molar-refractivity contribution in [2.45, 2.75) is 57.3 Å². The lowest BCUT2D eigenvalue weighted by molar-refractivity contribution is -0.139. The fourth-order valence-electron chi connectivity index (χ4n) is 6.61. The van der Waals surface area contributed by atoms with E-state index < -0.39 is 30.7 Å². The minimum Gasteiger partial charge on any atom is -0.490 e. The van der Waals surface area contributed by atoms with Crippen LogP contribution in [0.1, 0.15) is 58.6 Å². The zero-order chi connectivity index (χ0) is 36.9. The first-order valence-corrected chi connectivity index (χ1v) is 17.9. The largest absolute Gasteiger partial charge is 0.490 e. The third-order valence-corrected chi connectivity index (χ3v) is 10.2. The van der Waals surface area contributed by atoms with Gasteiger partial charge in [-0.25, -0.2) is 4.79 Å². The second kappa shape index (κ2) is 16.4. The first kappa shape index (κ1) is 37.1. The van der Waals surface area contributed by atoms with Gasteiger partial charge in [0, 0.05) is 46.0 Å². The van der Waals surface area contributed by atoms with Crippen molar-refractivity contribution in [1.29, 1.82) is 0 Å². The first-order chi connectivity index (χ1) is 25.0. The van der Waals surface area contributed by atoms with Crippen molar-refractivity contribution in [3.63, 3.8) is 0 Å². The number of amides is 2. The minimum atomic E-state index is -1.16. The molecule has 4 N–H and O–H groups in total. The summed E-state index contributed by atoms with van der Waals surface area (Å²) in [4.78, 5) is 38.6. The van der Waals surface area contributed by atoms with E-state index in [0.29, 0.717) is 51.8 Å². The number of aliphatic hydroxyl groups excluding tert-OH is 2. The maximum Gasteiger partial charge on any atom is 0.414 e. The predicted octanol–water partition coefficient (Wildman–Crippen LogP) is 6.06. The van der Waals surface area contributed by atoms with Crippen LogP contribution in [0.3, 0.4) is 0 Å². The topological polar surface area (TPSA) is 163 Å². The Morgan fingerprint density at radius 2 is 1.85 bits per heavy atom. The molecule has 6 rings (SSSR count). The number of aliphatic hydroxyl groups is 2. The Labute approximate surface area is 310 Å². The maximum absolute atomic E-state index is 13.3. The van der Waals surface area contributed by atoms with Gasteiger partial charge in [0.1, 0.15) is 19.0 Å². The molecule has 4 atom stereocenters. The number of carboxylic acids is 1. The van der Waals surface area contributed by atoms with Crippen molar-refractivity contribution in [3.8, 4) is 16.9 Å². The third-order valence-electron chi connectivity index (χ3n) is 9.39. The van der Waals surface area contributed by atoms with Crippen LogP contribution in [0.15, 0.2) is 67.0 Å². The van der Waals surface area contributed by atoms with Crippen molar-refractivity contribution in [3.05, 3.63) is 99.3 Å². The zero-order valence-corrected chi connectivity index (χ0v) is 30.0. The molecule has 52 heavy (non-hydrogen) atoms. The summed E-state index contributed by atoms with van der Waals surface area (Å²) < 4.78 is 13.2. The molecule has 2 heterocycles. The maximum atomic E-state index is 13.3. The second-order valence-corrected chi connectivity index (χ2v) is 14.0. The summed E-state index contributed by atoms with van der Waals surface area (Å²) >= 11 is 12.7. The lowest BCUT2D eigenvalue weighted by atomic mass is 9.93. The number of rotatable bonds is 15. The highest BCUT2D eigenvalue weighted by Crippen LogP contribution is 2.57. The van der Waals surface area contributed by atoms with Gasteiger partial charge in [0.15, 0.2) is 0 Å². The van der Waals surface area contributed by atoms with Crippen molar-refractivity contribution in [1.82, 2.24) is 15.1 Å². The quantitative estimate of drug-likeness (QED) is 0.106. The number of benzene rings is 3. The van der Waals surface area contributed by atoms with Crippen molar-refractivity contribution >= 4 is 46.9 Å². The summed E-state index contributed by atoms with van der Waals surface area (Å²) in [5.41, 5.74) is 5.69. The molecule has 1 aliphatic heterocycles. The van der Waals surface area contributed by atoms with Crippen LogP contribution in [0.25, 0.3) is 11.1 Å². The fraction of sp³-hybridized carbons (Fsp3) is 0.368. The molecule has 1 saturated carbocycles. The van der Waals surface area contributed by atoms with Gasteiger partial charge in [-0.15, -0.1) is 0 Å². The molecule has 1 aromatic heterocycles. The van der Waals surface area contributed by atoms with Crippen LogP contribution in [-0.4, -0.2) is 81.6 Å². The van der Waals surface area contributed by atoms with Gasteiger partial charge in [-0.3, -0.25) is 19.2 Å². The summed E-state index contributed by atoms with van der Waals surface area (Å²) in [6.07, 6.45) is 1.74. The predicted molar refractivity (Wildman–Crippen MR) is 195 cm³/mol. The molecule has 0 bridgehead atoms. The number of aromatic nitrogens is 2. The summed E-state index contributed by atoms with van der Waals surface area (Å²) in [7, 11) is 0. The van der Waals surface area contributed by atoms with Crippen LogP contribution in [0.4, 0.5) is 10.5 Å². The normalized spacial score (nSPS) is 17.1. The van der Waals surface area contributed by atoms with Crippen LogP contribution < -0.4 is 15.0 Å². The number of hydrogen-bond donors (Lipinski definition) is 4. The molecule has 0 saturated heterocycles. The summed E-state index contributed by atoms with van der Waals surface area (Å²) in [6.45, 7) is 3.19. The Balaban J connectivity index is 1.08. The number of carboxylic acid groups (broad SMARTS) is 1. The SMILES string of the molecule is Cc1c(Cl)cccc1OCCOC(=O)N1C[C@@H]2C[C@@H]2c2c(-c3cnn(Cc4cc(C(=O)NCC[C@@H](O)C[C@@H](O)CC(=O)O)ccc4Cl)c3)cccc21. The molecule has 0 unspecified atom stereocenters. The molecule has 4 aromatic rings. The highest BCUT2D eigenvalue weighted by Gasteiger charge is 2.48. The first-order valence-electron chi connectivity index (χ1n) is 17.1. The average Bonchev–Trinajstić information content (AvgIpc) is 3.75. The highest BCUT2D eigenvalue weighted by atomic mass is 35.5. The fourth-order valence-corrected chi connectivity index (χ4v) is 6.96. The van der Waals surface area contributed by atoms with Crippen LogP contribution in [0.5, 0.6) is 5.75 Å². The third kappa shape index (κ3) is 8.87. The zero-order valence-electron chi connectivity index (χ0n) is 28.5. The van der Waals surface area contributed by atoms with E-state index in [-0.39, 0.29) is 38.5 Å². The Kier molecular flexibility index (Phi) is 11.7. The van der Waals surface area contributed by atoms with E-state index in [1.54, 1.807) is 40.0 Å². The van der Waals surface area contributed by atoms with Gasteiger partial charge in [0.2, 0.25) is 0 Å². The van der Waals surface area contributed by atoms with E-state index in [2.05, 4.69) is 10.4 Å². The summed E-state index contributed by atoms with van der Waals surface area (Å²) in [6, 6.07) is 16.3. The Bertz CT molecular complexity index is 1950. The number of halogens is 2. The van der Waals surface area contributed by atoms with Crippen molar-refractivity contribution in [2.75, 3.05) is 31.2 Å². The number of carbonyl (C=O) groups is 3. The summed E-state index contributed by atoms with van der Waals surface area (Å²) in [5, 5.41) is 37.0. The number of hydrogen-bond acceptors (Lipinski definition) is 8. The van der Waals surface area contributed by atoms with Gasteiger partial charge >= 0.3 is 12.1 Å². The molecule has 14 heteroatoms. The van der Waals surface area contributed by atoms with Crippen LogP contribution in [0.2, 0.25) is 10.0 Å².